The van der Waals surface area contributed by atoms with E-state index in [0.29, 0.717) is 23.9 Å². The van der Waals surface area contributed by atoms with Crippen LogP contribution in [0.2, 0.25) is 0 Å². The molecule has 0 saturated heterocycles. The van der Waals surface area contributed by atoms with Crippen LogP contribution >= 0.6 is 7.82 Å². The van der Waals surface area contributed by atoms with Gasteiger partial charge in [-0.3, -0.25) is 18.6 Å². The van der Waals surface area contributed by atoms with Crippen LogP contribution in [0.15, 0.2) is 36.5 Å². The number of amides is 1. The average molecular weight is 1130 g/mol. The molecule has 10 heteroatoms. The van der Waals surface area contributed by atoms with Crippen molar-refractivity contribution in [3.63, 3.8) is 0 Å². The Balaban J connectivity index is 5.16. The van der Waals surface area contributed by atoms with Crippen molar-refractivity contribution in [1.82, 2.24) is 5.32 Å². The molecule has 0 rings (SSSR count). The minimum atomic E-state index is -4.45. The fourth-order valence-corrected chi connectivity index (χ4v) is 11.0. The predicted octanol–water partition coefficient (Wildman–Crippen LogP) is 21.5. The van der Waals surface area contributed by atoms with Crippen LogP contribution in [0.1, 0.15) is 342 Å². The summed E-state index contributed by atoms with van der Waals surface area (Å²) in [5.74, 6) is -0.492. The standard InChI is InChI=1S/C69H133N2O7P/c1-7-10-13-16-19-22-25-28-30-32-34-35-37-39-41-44-47-50-53-56-59-62-69(73)78-67(60-57-54-51-48-45-42-27-24-21-18-15-12-9-3)66(65-77-79(74,75)76-64-63-71(4,5)6)70-68(72)61-58-55-52-49-46-43-40-38-36-33-31-29-26-23-20-17-14-11-8-2/h28-31,57,60,66-67H,7-27,32-56,58-59,61-65H2,1-6H3,(H-,70,72,74,75)/p+1/b30-28+,31-29+,60-57+. The van der Waals surface area contributed by atoms with Gasteiger partial charge in [-0.05, 0) is 83.1 Å². The van der Waals surface area contributed by atoms with E-state index in [4.69, 9.17) is 13.8 Å². The Hall–Kier alpha value is -1.77. The molecule has 466 valence electrons. The lowest BCUT2D eigenvalue weighted by Gasteiger charge is -2.27. The van der Waals surface area contributed by atoms with Gasteiger partial charge in [-0.1, -0.05) is 282 Å². The van der Waals surface area contributed by atoms with Gasteiger partial charge in [-0.25, -0.2) is 4.57 Å². The quantitative estimate of drug-likeness (QED) is 0.0205. The van der Waals surface area contributed by atoms with E-state index in [0.717, 1.165) is 57.8 Å². The van der Waals surface area contributed by atoms with Crippen LogP contribution in [0.25, 0.3) is 0 Å². The van der Waals surface area contributed by atoms with Crippen molar-refractivity contribution in [2.45, 2.75) is 354 Å². The molecule has 0 aliphatic rings. The number of hydrogen-bond acceptors (Lipinski definition) is 6. The minimum absolute atomic E-state index is 0.0419. The molecule has 79 heavy (non-hydrogen) atoms. The Morgan fingerprint density at radius 2 is 0.734 bits per heavy atom. The fourth-order valence-electron chi connectivity index (χ4n) is 10.2. The second kappa shape index (κ2) is 59.4. The average Bonchev–Trinajstić information content (AvgIpc) is 3.41. The summed E-state index contributed by atoms with van der Waals surface area (Å²) in [5.41, 5.74) is 0. The van der Waals surface area contributed by atoms with E-state index in [-0.39, 0.29) is 25.1 Å². The van der Waals surface area contributed by atoms with Crippen LogP contribution in [-0.2, 0) is 27.9 Å². The van der Waals surface area contributed by atoms with Crippen LogP contribution in [-0.4, -0.2) is 74.3 Å². The third kappa shape index (κ3) is 60.6. The highest BCUT2D eigenvalue weighted by Crippen LogP contribution is 2.43. The van der Waals surface area contributed by atoms with Gasteiger partial charge in [0.1, 0.15) is 19.3 Å². The lowest BCUT2D eigenvalue weighted by Crippen LogP contribution is -2.47. The summed E-state index contributed by atoms with van der Waals surface area (Å²) < 4.78 is 30.8. The highest BCUT2D eigenvalue weighted by molar-refractivity contribution is 7.47. The molecule has 0 saturated carbocycles. The van der Waals surface area contributed by atoms with Gasteiger partial charge in [0.05, 0.1) is 33.8 Å². The van der Waals surface area contributed by atoms with Gasteiger partial charge in [0, 0.05) is 12.8 Å². The van der Waals surface area contributed by atoms with Crippen molar-refractivity contribution in [3.05, 3.63) is 36.5 Å². The molecule has 0 spiro atoms. The van der Waals surface area contributed by atoms with E-state index in [2.05, 4.69) is 50.4 Å². The molecule has 0 fully saturated rings. The Morgan fingerprint density at radius 3 is 1.08 bits per heavy atom. The third-order valence-corrected chi connectivity index (χ3v) is 16.5. The van der Waals surface area contributed by atoms with Gasteiger partial charge in [0.25, 0.3) is 0 Å². The summed E-state index contributed by atoms with van der Waals surface area (Å²) in [4.78, 5) is 37.9. The molecule has 1 amide bonds. The van der Waals surface area contributed by atoms with Crippen LogP contribution in [0, 0.1) is 0 Å². The molecule has 2 N–H and O–H groups in total. The monoisotopic (exact) mass is 1130 g/mol. The molecule has 9 nitrogen and oxygen atoms in total. The third-order valence-electron chi connectivity index (χ3n) is 15.6. The second-order valence-corrected chi connectivity index (χ2v) is 26.1. The van der Waals surface area contributed by atoms with Crippen LogP contribution < -0.4 is 5.32 Å². The summed E-state index contributed by atoms with van der Waals surface area (Å²) in [6, 6.07) is -0.847. The summed E-state index contributed by atoms with van der Waals surface area (Å²) in [7, 11) is 1.51. The van der Waals surface area contributed by atoms with E-state index in [1.54, 1.807) is 0 Å². The van der Waals surface area contributed by atoms with E-state index in [1.807, 2.05) is 33.3 Å². The van der Waals surface area contributed by atoms with Crippen LogP contribution in [0.4, 0.5) is 0 Å². The first kappa shape index (κ1) is 77.2. The van der Waals surface area contributed by atoms with Gasteiger partial charge >= 0.3 is 13.8 Å². The number of ether oxygens (including phenoxy) is 1. The van der Waals surface area contributed by atoms with Gasteiger partial charge in [0.2, 0.25) is 5.91 Å². The maximum absolute atomic E-state index is 13.6. The number of carbonyl (C=O) groups excluding carboxylic acids is 2. The zero-order valence-electron chi connectivity index (χ0n) is 53.4. The molecule has 0 bridgehead atoms. The smallest absolute Gasteiger partial charge is 0.456 e. The zero-order valence-corrected chi connectivity index (χ0v) is 54.3. The molecule has 0 aromatic heterocycles. The summed E-state index contributed by atoms with van der Waals surface area (Å²) >= 11 is 0. The number of rotatable bonds is 63. The highest BCUT2D eigenvalue weighted by atomic mass is 31.2. The van der Waals surface area contributed by atoms with E-state index in [1.165, 1.54) is 250 Å². The lowest BCUT2D eigenvalue weighted by molar-refractivity contribution is -0.870. The SMILES string of the molecule is CCCCCCCC/C=C/CCCCCCCCCCCCCC(=O)OC(/C=C/CCCCCCCCCCCCC)C(COP(=O)(O)OCC[N+](C)(C)C)NC(=O)CCCCCCCCCCC/C=C/CCCCCCCC. The van der Waals surface area contributed by atoms with E-state index in [9.17, 15) is 19.0 Å². The van der Waals surface area contributed by atoms with Crippen LogP contribution in [0.5, 0.6) is 0 Å². The molecule has 3 unspecified atom stereocenters. The Kier molecular flexibility index (Phi) is 58.1. The molecule has 3 atom stereocenters. The molecular formula is C69H134N2O7P+. The first-order chi connectivity index (χ1) is 38.4. The van der Waals surface area contributed by atoms with Crippen molar-refractivity contribution < 1.29 is 37.3 Å². The van der Waals surface area contributed by atoms with Crippen molar-refractivity contribution in [2.75, 3.05) is 40.9 Å². The molecule has 0 aliphatic heterocycles. The number of phosphoric acid groups is 1. The second-order valence-electron chi connectivity index (χ2n) is 24.7. The van der Waals surface area contributed by atoms with Crippen molar-refractivity contribution >= 4 is 19.7 Å². The number of nitrogens with zero attached hydrogens (tertiary/aromatic N) is 1. The Morgan fingerprint density at radius 1 is 0.430 bits per heavy atom. The van der Waals surface area contributed by atoms with Crippen LogP contribution in [0.3, 0.4) is 0 Å². The lowest BCUT2D eigenvalue weighted by atomic mass is 10.0. The van der Waals surface area contributed by atoms with E-state index >= 15 is 0 Å². The summed E-state index contributed by atoms with van der Waals surface area (Å²) in [5, 5.41) is 3.07. The molecule has 0 radical (unpaired) electrons. The number of phosphoric ester groups is 1. The largest absolute Gasteiger partial charge is 0.472 e. The number of unbranched alkanes of at least 4 members (excludes halogenated alkanes) is 43. The molecular weight excluding hydrogens is 1000 g/mol. The topological polar surface area (TPSA) is 111 Å². The van der Waals surface area contributed by atoms with E-state index < -0.39 is 20.0 Å². The van der Waals surface area contributed by atoms with Crippen molar-refractivity contribution in [1.29, 1.82) is 0 Å². The molecule has 0 aromatic carbocycles. The fraction of sp³-hybridized carbons (Fsp3) is 0.884. The van der Waals surface area contributed by atoms with Gasteiger partial charge < -0.3 is 19.4 Å². The summed E-state index contributed by atoms with van der Waals surface area (Å²) in [6.45, 7) is 7.06. The number of allylic oxidation sites excluding steroid dienone is 5. The number of carbonyl (C=O) groups is 2. The number of nitrogens with one attached hydrogen (secondary N) is 1. The highest BCUT2D eigenvalue weighted by Gasteiger charge is 2.30. The van der Waals surface area contributed by atoms with Gasteiger partial charge in [-0.15, -0.1) is 0 Å². The number of hydrogen-bond donors (Lipinski definition) is 2. The number of likely N-dealkylation sites (N-methyl/N-ethyl adjacent to an activating group) is 1. The normalized spacial score (nSPS) is 13.8. The predicted molar refractivity (Wildman–Crippen MR) is 342 cm³/mol. The number of esters is 1. The summed E-state index contributed by atoms with van der Waals surface area (Å²) in [6.07, 6.45) is 72.8. The first-order valence-electron chi connectivity index (χ1n) is 34.3. The number of quaternary nitrogens is 1. The van der Waals surface area contributed by atoms with Crippen molar-refractivity contribution in [2.24, 2.45) is 0 Å². The van der Waals surface area contributed by atoms with Gasteiger partial charge in [0.15, 0.2) is 0 Å². The molecule has 0 aromatic rings. The maximum atomic E-state index is 13.6. The first-order valence-corrected chi connectivity index (χ1v) is 35.8. The molecule has 0 aliphatic carbocycles. The van der Waals surface area contributed by atoms with Gasteiger partial charge in [-0.2, -0.15) is 0 Å². The zero-order chi connectivity index (χ0) is 57.9. The van der Waals surface area contributed by atoms with Crippen molar-refractivity contribution in [3.8, 4) is 0 Å². The Labute approximate surface area is 491 Å². The molecule has 0 heterocycles. The minimum Gasteiger partial charge on any atom is -0.456 e. The Bertz CT molecular complexity index is 1450. The maximum Gasteiger partial charge on any atom is 0.472 e.